The van der Waals surface area contributed by atoms with Crippen LogP contribution < -0.4 is 16.0 Å². The lowest BCUT2D eigenvalue weighted by atomic mass is 9.84. The van der Waals surface area contributed by atoms with Crippen molar-refractivity contribution < 1.29 is 19.5 Å². The van der Waals surface area contributed by atoms with Crippen molar-refractivity contribution in [2.24, 2.45) is 5.92 Å². The molecule has 0 radical (unpaired) electrons. The average Bonchev–Trinajstić information content (AvgIpc) is 2.75. The highest BCUT2D eigenvalue weighted by molar-refractivity contribution is 6.42. The number of nitrogens with one attached hydrogen (secondary N) is 3. The van der Waals surface area contributed by atoms with Crippen LogP contribution in [-0.2, 0) is 4.79 Å². The van der Waals surface area contributed by atoms with Crippen LogP contribution in [0, 0.1) is 5.92 Å². The number of carbonyl (C=O) groups is 3. The van der Waals surface area contributed by atoms with Crippen LogP contribution in [0.5, 0.6) is 0 Å². The first-order valence-corrected chi connectivity index (χ1v) is 11.7. The van der Waals surface area contributed by atoms with Gasteiger partial charge in [-0.1, -0.05) is 65.7 Å². The van der Waals surface area contributed by atoms with Crippen molar-refractivity contribution in [2.45, 2.75) is 38.1 Å². The SMILES string of the molecule is O=C(Nc1cc(Cl)ccc1C(=O)NC(C(=O)O)C1CCCCC1)Nc1c(Cl)cc(Cl)cc1Cl. The van der Waals surface area contributed by atoms with Gasteiger partial charge in [0, 0.05) is 10.0 Å². The van der Waals surface area contributed by atoms with Crippen molar-refractivity contribution in [3.05, 3.63) is 56.0 Å². The van der Waals surface area contributed by atoms with E-state index in [2.05, 4.69) is 16.0 Å². The number of halogens is 4. The molecule has 1 aliphatic rings. The van der Waals surface area contributed by atoms with Gasteiger partial charge in [-0.2, -0.15) is 0 Å². The van der Waals surface area contributed by atoms with Crippen LogP contribution >= 0.6 is 46.4 Å². The fraction of sp³-hybridized carbons (Fsp3) is 0.318. The van der Waals surface area contributed by atoms with Crippen LogP contribution in [0.15, 0.2) is 30.3 Å². The van der Waals surface area contributed by atoms with Crippen LogP contribution in [0.2, 0.25) is 20.1 Å². The minimum atomic E-state index is -1.09. The van der Waals surface area contributed by atoms with Crippen molar-refractivity contribution in [3.8, 4) is 0 Å². The molecule has 11 heteroatoms. The average molecular weight is 533 g/mol. The zero-order valence-corrected chi connectivity index (χ0v) is 20.3. The molecule has 0 bridgehead atoms. The molecule has 7 nitrogen and oxygen atoms in total. The maximum absolute atomic E-state index is 13.0. The second kappa shape index (κ2) is 11.3. The van der Waals surface area contributed by atoms with E-state index in [0.717, 1.165) is 32.1 Å². The molecular formula is C22H21Cl4N3O4. The van der Waals surface area contributed by atoms with Gasteiger partial charge in [0.05, 0.1) is 27.0 Å². The minimum Gasteiger partial charge on any atom is -0.480 e. The van der Waals surface area contributed by atoms with Gasteiger partial charge in [0.1, 0.15) is 6.04 Å². The molecule has 1 atom stereocenters. The van der Waals surface area contributed by atoms with E-state index in [-0.39, 0.29) is 37.9 Å². The lowest BCUT2D eigenvalue weighted by molar-refractivity contribution is -0.141. The summed E-state index contributed by atoms with van der Waals surface area (Å²) in [4.78, 5) is 37.4. The molecule has 3 amide bonds. The Kier molecular flexibility index (Phi) is 8.70. The Morgan fingerprint density at radius 2 is 1.52 bits per heavy atom. The monoisotopic (exact) mass is 531 g/mol. The molecule has 1 fully saturated rings. The number of carboxylic acid groups (broad SMARTS) is 1. The lowest BCUT2D eigenvalue weighted by Gasteiger charge is -2.28. The number of anilines is 2. The summed E-state index contributed by atoms with van der Waals surface area (Å²) in [6.07, 6.45) is 4.36. The highest BCUT2D eigenvalue weighted by Crippen LogP contribution is 2.34. The van der Waals surface area contributed by atoms with Gasteiger partial charge >= 0.3 is 12.0 Å². The number of rotatable bonds is 6. The number of aliphatic carboxylic acids is 1. The Morgan fingerprint density at radius 3 is 2.12 bits per heavy atom. The summed E-state index contributed by atoms with van der Waals surface area (Å²) in [5.41, 5.74) is 0.285. The van der Waals surface area contributed by atoms with Gasteiger partial charge in [-0.15, -0.1) is 0 Å². The van der Waals surface area contributed by atoms with Crippen LogP contribution in [0.25, 0.3) is 0 Å². The molecular weight excluding hydrogens is 512 g/mol. The summed E-state index contributed by atoms with van der Waals surface area (Å²) in [7, 11) is 0. The Hall–Kier alpha value is -2.19. The third-order valence-corrected chi connectivity index (χ3v) is 6.44. The summed E-state index contributed by atoms with van der Waals surface area (Å²) >= 11 is 24.1. The zero-order chi connectivity index (χ0) is 24.1. The van der Waals surface area contributed by atoms with Gasteiger partial charge < -0.3 is 21.1 Å². The predicted octanol–water partition coefficient (Wildman–Crippen LogP) is 6.71. The van der Waals surface area contributed by atoms with E-state index < -0.39 is 23.9 Å². The Bertz CT molecular complexity index is 1050. The molecule has 0 heterocycles. The topological polar surface area (TPSA) is 108 Å². The Labute approximate surface area is 210 Å². The van der Waals surface area contributed by atoms with E-state index in [1.54, 1.807) is 0 Å². The van der Waals surface area contributed by atoms with Crippen LogP contribution in [0.1, 0.15) is 42.5 Å². The number of hydrogen-bond acceptors (Lipinski definition) is 3. The van der Waals surface area contributed by atoms with E-state index in [4.69, 9.17) is 46.4 Å². The highest BCUT2D eigenvalue weighted by atomic mass is 35.5. The second-order valence-electron chi connectivity index (χ2n) is 7.70. The highest BCUT2D eigenvalue weighted by Gasteiger charge is 2.31. The van der Waals surface area contributed by atoms with E-state index in [0.29, 0.717) is 5.02 Å². The molecule has 0 spiro atoms. The molecule has 1 saturated carbocycles. The minimum absolute atomic E-state index is 0.0601. The predicted molar refractivity (Wildman–Crippen MR) is 131 cm³/mol. The van der Waals surface area contributed by atoms with E-state index >= 15 is 0 Å². The molecule has 1 unspecified atom stereocenters. The first-order chi connectivity index (χ1) is 15.7. The van der Waals surface area contributed by atoms with E-state index in [1.165, 1.54) is 30.3 Å². The molecule has 0 aromatic heterocycles. The number of benzene rings is 2. The first kappa shape index (κ1) is 25.4. The molecule has 33 heavy (non-hydrogen) atoms. The van der Waals surface area contributed by atoms with Gasteiger partial charge in [0.25, 0.3) is 5.91 Å². The standard InChI is InChI=1S/C22H21Cl4N3O4/c23-12-6-7-14(20(30)28-18(21(31)32)11-4-2-1-3-5-11)17(10-12)27-22(33)29-19-15(25)8-13(24)9-16(19)26/h6-11,18H,1-5H2,(H,28,30)(H,31,32)(H2,27,29,33). The maximum atomic E-state index is 13.0. The van der Waals surface area contributed by atoms with Gasteiger partial charge in [-0.05, 0) is 49.1 Å². The summed E-state index contributed by atoms with van der Waals surface area (Å²) in [6.45, 7) is 0. The van der Waals surface area contributed by atoms with Crippen LogP contribution in [0.3, 0.4) is 0 Å². The van der Waals surface area contributed by atoms with Crippen molar-refractivity contribution in [2.75, 3.05) is 10.6 Å². The van der Waals surface area contributed by atoms with Gasteiger partial charge in [-0.3, -0.25) is 4.79 Å². The quantitative estimate of drug-likeness (QED) is 0.331. The van der Waals surface area contributed by atoms with Gasteiger partial charge in [-0.25, -0.2) is 9.59 Å². The molecule has 176 valence electrons. The van der Waals surface area contributed by atoms with Crippen molar-refractivity contribution >= 4 is 75.7 Å². The normalized spacial score (nSPS) is 14.9. The van der Waals surface area contributed by atoms with Crippen molar-refractivity contribution in [1.29, 1.82) is 0 Å². The Balaban J connectivity index is 1.79. The number of amides is 3. The zero-order valence-electron chi connectivity index (χ0n) is 17.3. The summed E-state index contributed by atoms with van der Waals surface area (Å²) in [5, 5.41) is 18.1. The summed E-state index contributed by atoms with van der Waals surface area (Å²) in [6, 6.07) is 5.34. The number of urea groups is 1. The first-order valence-electron chi connectivity index (χ1n) is 10.2. The van der Waals surface area contributed by atoms with Gasteiger partial charge in [0.15, 0.2) is 0 Å². The van der Waals surface area contributed by atoms with Gasteiger partial charge in [0.2, 0.25) is 0 Å². The molecule has 3 rings (SSSR count). The van der Waals surface area contributed by atoms with E-state index in [1.807, 2.05) is 0 Å². The third kappa shape index (κ3) is 6.67. The molecule has 2 aromatic rings. The lowest BCUT2D eigenvalue weighted by Crippen LogP contribution is -2.46. The van der Waals surface area contributed by atoms with Crippen LogP contribution in [0.4, 0.5) is 16.2 Å². The molecule has 1 aliphatic carbocycles. The Morgan fingerprint density at radius 1 is 0.879 bits per heavy atom. The maximum Gasteiger partial charge on any atom is 0.326 e. The second-order valence-corrected chi connectivity index (χ2v) is 9.39. The fourth-order valence-corrected chi connectivity index (χ4v) is 4.90. The van der Waals surface area contributed by atoms with Crippen molar-refractivity contribution in [3.63, 3.8) is 0 Å². The summed E-state index contributed by atoms with van der Waals surface area (Å²) in [5.74, 6) is -1.88. The van der Waals surface area contributed by atoms with E-state index in [9.17, 15) is 19.5 Å². The molecule has 4 N–H and O–H groups in total. The smallest absolute Gasteiger partial charge is 0.326 e. The number of carbonyl (C=O) groups excluding carboxylic acids is 2. The molecule has 2 aromatic carbocycles. The molecule has 0 aliphatic heterocycles. The number of hydrogen-bond donors (Lipinski definition) is 4. The molecule has 0 saturated heterocycles. The summed E-state index contributed by atoms with van der Waals surface area (Å²) < 4.78 is 0. The van der Waals surface area contributed by atoms with Crippen molar-refractivity contribution in [1.82, 2.24) is 5.32 Å². The largest absolute Gasteiger partial charge is 0.480 e. The fourth-order valence-electron chi connectivity index (χ4n) is 3.81. The third-order valence-electron chi connectivity index (χ3n) is 5.39. The van der Waals surface area contributed by atoms with Crippen LogP contribution in [-0.4, -0.2) is 29.1 Å². The number of carboxylic acids is 1.